The normalized spacial score (nSPS) is 11.1. The van der Waals surface area contributed by atoms with Crippen LogP contribution in [0.2, 0.25) is 0 Å². The van der Waals surface area contributed by atoms with Gasteiger partial charge in [0.2, 0.25) is 11.8 Å². The highest BCUT2D eigenvalue weighted by Crippen LogP contribution is 2.11. The van der Waals surface area contributed by atoms with E-state index in [1.54, 1.807) is 31.2 Å². The lowest BCUT2D eigenvalue weighted by molar-refractivity contribution is -0.137. The van der Waals surface area contributed by atoms with Gasteiger partial charge in [0.25, 0.3) is 0 Å². The number of carbonyl (C=O) groups excluding carboxylic acids is 2. The van der Waals surface area contributed by atoms with Gasteiger partial charge in [-0.15, -0.1) is 0 Å². The predicted molar refractivity (Wildman–Crippen MR) is 106 cm³/mol. The number of hydrogen-bond donors (Lipinski definition) is 3. The third-order valence-electron chi connectivity index (χ3n) is 4.12. The molecule has 0 aliphatic carbocycles. The first-order valence-corrected chi connectivity index (χ1v) is 8.90. The van der Waals surface area contributed by atoms with E-state index in [0.29, 0.717) is 17.8 Å². The Hall–Kier alpha value is -3.42. The first-order valence-electron chi connectivity index (χ1n) is 8.90. The summed E-state index contributed by atoms with van der Waals surface area (Å²) < 4.78 is 1.88. The zero-order valence-corrected chi connectivity index (χ0v) is 15.9. The van der Waals surface area contributed by atoms with E-state index in [9.17, 15) is 14.4 Å². The lowest BCUT2D eigenvalue weighted by Crippen LogP contribution is -2.22. The molecule has 0 saturated heterocycles. The van der Waals surface area contributed by atoms with Gasteiger partial charge in [-0.1, -0.05) is 12.1 Å². The van der Waals surface area contributed by atoms with E-state index >= 15 is 0 Å². The molecule has 1 heterocycles. The Bertz CT molecular complexity index is 869. The van der Waals surface area contributed by atoms with Crippen molar-refractivity contribution < 1.29 is 19.5 Å². The molecule has 0 bridgehead atoms. The van der Waals surface area contributed by atoms with Gasteiger partial charge < -0.3 is 15.0 Å². The Kier molecular flexibility index (Phi) is 7.50. The van der Waals surface area contributed by atoms with Crippen molar-refractivity contribution in [1.29, 1.82) is 0 Å². The number of anilines is 1. The van der Waals surface area contributed by atoms with Crippen LogP contribution in [0.4, 0.5) is 5.69 Å². The van der Waals surface area contributed by atoms with E-state index in [-0.39, 0.29) is 31.1 Å². The molecule has 0 fully saturated rings. The zero-order chi connectivity index (χ0) is 20.5. The molecule has 2 aromatic rings. The summed E-state index contributed by atoms with van der Waals surface area (Å²) in [6.07, 6.45) is 2.55. The van der Waals surface area contributed by atoms with Crippen LogP contribution in [-0.4, -0.2) is 33.2 Å². The van der Waals surface area contributed by atoms with Gasteiger partial charge in [0.1, 0.15) is 0 Å². The van der Waals surface area contributed by atoms with Crippen molar-refractivity contribution in [2.45, 2.75) is 32.6 Å². The zero-order valence-electron chi connectivity index (χ0n) is 15.9. The maximum absolute atomic E-state index is 12.0. The number of nitrogens with one attached hydrogen (secondary N) is 2. The summed E-state index contributed by atoms with van der Waals surface area (Å²) in [7, 11) is 1.88. The second kappa shape index (κ2) is 10.1. The quantitative estimate of drug-likeness (QED) is 0.455. The summed E-state index contributed by atoms with van der Waals surface area (Å²) in [6, 6.07) is 10.8. The van der Waals surface area contributed by atoms with Crippen molar-refractivity contribution in [2.75, 3.05) is 5.32 Å². The fourth-order valence-corrected chi connectivity index (χ4v) is 2.51. The number of nitrogens with zero attached hydrogens (tertiary/aromatic N) is 2. The minimum atomic E-state index is -0.914. The van der Waals surface area contributed by atoms with Gasteiger partial charge in [-0.3, -0.25) is 14.4 Å². The number of aromatic nitrogens is 1. The van der Waals surface area contributed by atoms with Crippen LogP contribution in [0.25, 0.3) is 0 Å². The third-order valence-corrected chi connectivity index (χ3v) is 4.12. The lowest BCUT2D eigenvalue weighted by Gasteiger charge is -2.07. The molecule has 0 aliphatic heterocycles. The molecular weight excluding hydrogens is 360 g/mol. The van der Waals surface area contributed by atoms with Crippen LogP contribution in [0.1, 0.15) is 37.4 Å². The molecule has 0 unspecified atom stereocenters. The maximum atomic E-state index is 12.0. The van der Waals surface area contributed by atoms with E-state index < -0.39 is 5.97 Å². The Morgan fingerprint density at radius 2 is 1.79 bits per heavy atom. The van der Waals surface area contributed by atoms with Crippen LogP contribution >= 0.6 is 0 Å². The standard InChI is InChI=1S/C20H24N4O4/c1-14(22-23-19(26)13-17-5-4-12-24(17)2)15-8-10-16(11-9-15)21-18(25)6-3-7-20(27)28/h4-5,8-12H,3,6-7,13H2,1-2H3,(H,21,25)(H,23,26)(H,27,28). The summed E-state index contributed by atoms with van der Waals surface area (Å²) in [4.78, 5) is 34.2. The van der Waals surface area contributed by atoms with E-state index in [1.807, 2.05) is 29.9 Å². The van der Waals surface area contributed by atoms with Crippen LogP contribution in [0.5, 0.6) is 0 Å². The van der Waals surface area contributed by atoms with E-state index in [2.05, 4.69) is 15.8 Å². The molecule has 2 rings (SSSR count). The number of aryl methyl sites for hydroxylation is 1. The second-order valence-corrected chi connectivity index (χ2v) is 6.39. The van der Waals surface area contributed by atoms with Crippen LogP contribution in [0.3, 0.4) is 0 Å². The van der Waals surface area contributed by atoms with Gasteiger partial charge in [-0.05, 0) is 43.2 Å². The Labute approximate surface area is 163 Å². The van der Waals surface area contributed by atoms with E-state index in [4.69, 9.17) is 5.11 Å². The van der Waals surface area contributed by atoms with Crippen LogP contribution in [0.15, 0.2) is 47.7 Å². The van der Waals surface area contributed by atoms with Gasteiger partial charge in [0.15, 0.2) is 0 Å². The second-order valence-electron chi connectivity index (χ2n) is 6.39. The molecule has 0 radical (unpaired) electrons. The molecule has 148 valence electrons. The minimum Gasteiger partial charge on any atom is -0.481 e. The molecule has 0 saturated carbocycles. The minimum absolute atomic E-state index is 0.0299. The van der Waals surface area contributed by atoms with Crippen molar-refractivity contribution in [3.05, 3.63) is 53.9 Å². The van der Waals surface area contributed by atoms with Gasteiger partial charge in [0, 0.05) is 37.5 Å². The van der Waals surface area contributed by atoms with Gasteiger partial charge in [-0.2, -0.15) is 5.10 Å². The fraction of sp³-hybridized carbons (Fsp3) is 0.300. The number of rotatable bonds is 9. The first-order chi connectivity index (χ1) is 13.3. The average Bonchev–Trinajstić information content (AvgIpc) is 3.04. The van der Waals surface area contributed by atoms with E-state index in [1.165, 1.54) is 0 Å². The fourth-order valence-electron chi connectivity index (χ4n) is 2.51. The molecule has 1 aromatic carbocycles. The van der Waals surface area contributed by atoms with Crippen molar-refractivity contribution >= 4 is 29.2 Å². The Morgan fingerprint density at radius 1 is 1.07 bits per heavy atom. The maximum Gasteiger partial charge on any atom is 0.303 e. The predicted octanol–water partition coefficient (Wildman–Crippen LogP) is 2.30. The molecule has 0 atom stereocenters. The van der Waals surface area contributed by atoms with Crippen molar-refractivity contribution in [3.8, 4) is 0 Å². The highest BCUT2D eigenvalue weighted by Gasteiger charge is 2.07. The topological polar surface area (TPSA) is 113 Å². The van der Waals surface area contributed by atoms with Crippen molar-refractivity contribution in [2.24, 2.45) is 12.1 Å². The molecule has 28 heavy (non-hydrogen) atoms. The molecule has 8 nitrogen and oxygen atoms in total. The number of carboxylic acid groups (broad SMARTS) is 1. The Morgan fingerprint density at radius 3 is 2.39 bits per heavy atom. The molecule has 1 aromatic heterocycles. The summed E-state index contributed by atoms with van der Waals surface area (Å²) in [6.45, 7) is 1.78. The first kappa shape index (κ1) is 20.9. The number of aliphatic carboxylic acids is 1. The highest BCUT2D eigenvalue weighted by atomic mass is 16.4. The number of carboxylic acids is 1. The summed E-state index contributed by atoms with van der Waals surface area (Å²) >= 11 is 0. The molecule has 0 aliphatic rings. The number of hydrazone groups is 1. The van der Waals surface area contributed by atoms with E-state index in [0.717, 1.165) is 11.3 Å². The van der Waals surface area contributed by atoms with Gasteiger partial charge >= 0.3 is 5.97 Å². The van der Waals surface area contributed by atoms with Gasteiger partial charge in [-0.25, -0.2) is 5.43 Å². The molecule has 3 N–H and O–H groups in total. The molecule has 2 amide bonds. The van der Waals surface area contributed by atoms with Gasteiger partial charge in [0.05, 0.1) is 12.1 Å². The smallest absolute Gasteiger partial charge is 0.303 e. The summed E-state index contributed by atoms with van der Waals surface area (Å²) in [5, 5.41) is 15.4. The molecular formula is C20H24N4O4. The third kappa shape index (κ3) is 6.71. The van der Waals surface area contributed by atoms with Crippen molar-refractivity contribution in [3.63, 3.8) is 0 Å². The largest absolute Gasteiger partial charge is 0.481 e. The number of amides is 2. The molecule has 8 heteroatoms. The van der Waals surface area contributed by atoms with Crippen LogP contribution < -0.4 is 10.7 Å². The average molecular weight is 384 g/mol. The van der Waals surface area contributed by atoms with Crippen LogP contribution in [-0.2, 0) is 27.9 Å². The lowest BCUT2D eigenvalue weighted by atomic mass is 10.1. The van der Waals surface area contributed by atoms with Crippen molar-refractivity contribution in [1.82, 2.24) is 9.99 Å². The SMILES string of the molecule is CC(=NNC(=O)Cc1cccn1C)c1ccc(NC(=O)CCCC(=O)O)cc1. The summed E-state index contributed by atoms with van der Waals surface area (Å²) in [5.41, 5.74) is 5.50. The molecule has 0 spiro atoms. The Balaban J connectivity index is 1.85. The number of hydrogen-bond acceptors (Lipinski definition) is 4. The highest BCUT2D eigenvalue weighted by molar-refractivity contribution is 6.00. The summed E-state index contributed by atoms with van der Waals surface area (Å²) in [5.74, 6) is -1.35. The number of benzene rings is 1. The number of carbonyl (C=O) groups is 3. The monoisotopic (exact) mass is 384 g/mol. The van der Waals surface area contributed by atoms with Crippen LogP contribution in [0, 0.1) is 0 Å².